The molecule has 1 N–H and O–H groups in total. The number of carbonyl (C=O) groups is 2. The molecule has 0 bridgehead atoms. The highest BCUT2D eigenvalue weighted by Crippen LogP contribution is 2.35. The van der Waals surface area contributed by atoms with Gasteiger partial charge in [-0.25, -0.2) is 4.98 Å². The smallest absolute Gasteiger partial charge is 0.303 e. The van der Waals surface area contributed by atoms with Gasteiger partial charge in [0, 0.05) is 36.2 Å². The molecule has 1 atom stereocenters. The quantitative estimate of drug-likeness (QED) is 0.308. The molecule has 0 aliphatic heterocycles. The average Bonchev–Trinajstić information content (AvgIpc) is 2.81. The monoisotopic (exact) mass is 500 g/mol. The van der Waals surface area contributed by atoms with Crippen LogP contribution in [0.1, 0.15) is 42.2 Å². The van der Waals surface area contributed by atoms with E-state index >= 15 is 0 Å². The lowest BCUT2D eigenvalue weighted by molar-refractivity contribution is -0.137. The molecule has 0 aliphatic rings. The van der Waals surface area contributed by atoms with Gasteiger partial charge in [-0.15, -0.1) is 11.8 Å². The van der Waals surface area contributed by atoms with Crippen LogP contribution in [0, 0.1) is 0 Å². The Morgan fingerprint density at radius 3 is 2.68 bits per heavy atom. The second kappa shape index (κ2) is 12.6. The molecule has 1 aromatic heterocycles. The van der Waals surface area contributed by atoms with E-state index < -0.39 is 5.97 Å². The van der Waals surface area contributed by atoms with Crippen molar-refractivity contribution in [1.29, 1.82) is 0 Å². The Labute approximate surface area is 209 Å². The number of ether oxygens (including phenoxy) is 1. The zero-order chi connectivity index (χ0) is 24.5. The first-order chi connectivity index (χ1) is 16.3. The van der Waals surface area contributed by atoms with E-state index in [4.69, 9.17) is 21.4 Å². The third-order valence-electron chi connectivity index (χ3n) is 5.34. The number of rotatable bonds is 12. The van der Waals surface area contributed by atoms with E-state index in [2.05, 4.69) is 4.98 Å². The van der Waals surface area contributed by atoms with Gasteiger partial charge in [0.25, 0.3) is 0 Å². The maximum absolute atomic E-state index is 12.1. The number of hydrogen-bond donors (Lipinski definition) is 1. The maximum Gasteiger partial charge on any atom is 0.303 e. The zero-order valence-electron chi connectivity index (χ0n) is 19.4. The van der Waals surface area contributed by atoms with Crippen molar-refractivity contribution < 1.29 is 19.4 Å². The van der Waals surface area contributed by atoms with Crippen LogP contribution in [-0.4, -0.2) is 46.7 Å². The number of carboxylic acids is 1. The molecule has 6 nitrogen and oxygen atoms in total. The Morgan fingerprint density at radius 2 is 1.91 bits per heavy atom. The number of thioether (sulfide) groups is 1. The maximum atomic E-state index is 12.1. The first-order valence-corrected chi connectivity index (χ1v) is 12.6. The van der Waals surface area contributed by atoms with Crippen LogP contribution in [0.5, 0.6) is 5.75 Å². The number of carbonyl (C=O) groups excluding carboxylic acids is 1. The first kappa shape index (κ1) is 25.8. The van der Waals surface area contributed by atoms with Crippen molar-refractivity contribution in [2.45, 2.75) is 37.5 Å². The van der Waals surface area contributed by atoms with Gasteiger partial charge in [-0.05, 0) is 48.7 Å². The molecule has 3 rings (SSSR count). The number of unbranched alkanes of at least 4 members (excludes halogenated alkanes) is 1. The van der Waals surface area contributed by atoms with Crippen molar-refractivity contribution in [1.82, 2.24) is 9.88 Å². The van der Waals surface area contributed by atoms with Crippen molar-refractivity contribution in [2.24, 2.45) is 0 Å². The molecule has 1 unspecified atom stereocenters. The topological polar surface area (TPSA) is 79.7 Å². The van der Waals surface area contributed by atoms with Crippen molar-refractivity contribution in [3.8, 4) is 5.75 Å². The third kappa shape index (κ3) is 7.92. The van der Waals surface area contributed by atoms with Gasteiger partial charge in [-0.2, -0.15) is 0 Å². The molecule has 0 radical (unpaired) electrons. The van der Waals surface area contributed by atoms with Crippen LogP contribution in [0.4, 0.5) is 0 Å². The molecule has 0 aliphatic carbocycles. The highest BCUT2D eigenvalue weighted by atomic mass is 35.5. The number of aromatic nitrogens is 1. The lowest BCUT2D eigenvalue weighted by Crippen LogP contribution is -2.23. The number of amides is 1. The van der Waals surface area contributed by atoms with Crippen molar-refractivity contribution in [2.75, 3.05) is 19.8 Å². The van der Waals surface area contributed by atoms with Crippen LogP contribution < -0.4 is 4.74 Å². The molecule has 34 heavy (non-hydrogen) atoms. The van der Waals surface area contributed by atoms with Crippen LogP contribution in [0.15, 0.2) is 54.6 Å². The second-order valence-corrected chi connectivity index (χ2v) is 9.86. The highest BCUT2D eigenvalue weighted by molar-refractivity contribution is 8.00. The third-order valence-corrected chi connectivity index (χ3v) is 6.90. The van der Waals surface area contributed by atoms with Gasteiger partial charge in [0.05, 0.1) is 17.0 Å². The molecular weight excluding hydrogens is 472 g/mol. The predicted molar refractivity (Wildman–Crippen MR) is 138 cm³/mol. The lowest BCUT2D eigenvalue weighted by atomic mass is 10.1. The minimum atomic E-state index is -0.785. The summed E-state index contributed by atoms with van der Waals surface area (Å²) in [5.41, 5.74) is 2.68. The first-order valence-electron chi connectivity index (χ1n) is 11.1. The largest absolute Gasteiger partial charge is 0.487 e. The van der Waals surface area contributed by atoms with Crippen molar-refractivity contribution in [3.05, 3.63) is 70.9 Å². The van der Waals surface area contributed by atoms with E-state index in [1.54, 1.807) is 30.8 Å². The summed E-state index contributed by atoms with van der Waals surface area (Å²) in [7, 11) is 3.49. The number of pyridine rings is 1. The molecule has 3 aromatic rings. The molecule has 1 heterocycles. The van der Waals surface area contributed by atoms with Gasteiger partial charge in [0.1, 0.15) is 12.4 Å². The Morgan fingerprint density at radius 1 is 1.12 bits per heavy atom. The Kier molecular flexibility index (Phi) is 9.60. The Bertz CT molecular complexity index is 1140. The van der Waals surface area contributed by atoms with E-state index in [0.29, 0.717) is 23.8 Å². The Hall–Kier alpha value is -2.77. The summed E-state index contributed by atoms with van der Waals surface area (Å²) in [6.07, 6.45) is 2.33. The van der Waals surface area contributed by atoms with Gasteiger partial charge in [0.2, 0.25) is 5.91 Å². The molecule has 1 amide bonds. The fraction of sp³-hybridized carbons (Fsp3) is 0.346. The summed E-state index contributed by atoms with van der Waals surface area (Å²) in [4.78, 5) is 29.2. The van der Waals surface area contributed by atoms with Crippen molar-refractivity contribution >= 4 is 46.1 Å². The minimum absolute atomic E-state index is 0.0513. The average molecular weight is 501 g/mol. The molecule has 0 spiro atoms. The summed E-state index contributed by atoms with van der Waals surface area (Å²) in [5, 5.41) is 10.6. The number of fused-ring (bicyclic) bond motifs is 1. The molecule has 0 saturated carbocycles. The molecule has 0 saturated heterocycles. The normalized spacial score (nSPS) is 11.9. The SMILES string of the molecule is CN(C)C(=O)CSC(CCCCC(=O)O)c1cccc(OCc2ccc3ccc(Cl)cc3n2)c1. The second-order valence-electron chi connectivity index (χ2n) is 8.23. The van der Waals surface area contributed by atoms with Crippen LogP contribution in [0.3, 0.4) is 0 Å². The molecule has 2 aromatic carbocycles. The zero-order valence-corrected chi connectivity index (χ0v) is 20.9. The summed E-state index contributed by atoms with van der Waals surface area (Å²) in [5.74, 6) is 0.355. The number of carboxylic acid groups (broad SMARTS) is 1. The minimum Gasteiger partial charge on any atom is -0.487 e. The number of halogens is 1. The standard InChI is InChI=1S/C26H29ClN2O4S/c1-29(2)25(30)17-34-24(8-3-4-9-26(31)32)19-6-5-7-22(14-19)33-16-21-13-11-18-10-12-20(27)15-23(18)28-21/h5-7,10-15,24H,3-4,8-9,16-17H2,1-2H3,(H,31,32). The van der Waals surface area contributed by atoms with Crippen LogP contribution in [0.2, 0.25) is 5.02 Å². The summed E-state index contributed by atoms with van der Waals surface area (Å²) in [6.45, 7) is 0.321. The van der Waals surface area contributed by atoms with E-state index in [-0.39, 0.29) is 17.6 Å². The van der Waals surface area contributed by atoms with Crippen LogP contribution in [0.25, 0.3) is 10.9 Å². The molecule has 180 valence electrons. The fourth-order valence-corrected chi connectivity index (χ4v) is 4.87. The molecule has 0 fully saturated rings. The van der Waals surface area contributed by atoms with Gasteiger partial charge in [0.15, 0.2) is 0 Å². The van der Waals surface area contributed by atoms with E-state index in [0.717, 1.165) is 40.8 Å². The molecular formula is C26H29ClN2O4S. The number of benzene rings is 2. The van der Waals surface area contributed by atoms with Crippen molar-refractivity contribution in [3.63, 3.8) is 0 Å². The summed E-state index contributed by atoms with van der Waals surface area (Å²) < 4.78 is 6.03. The van der Waals surface area contributed by atoms with Crippen LogP contribution >= 0.6 is 23.4 Å². The van der Waals surface area contributed by atoms with E-state index in [1.165, 1.54) is 0 Å². The predicted octanol–water partition coefficient (Wildman–Crippen LogP) is 5.97. The Balaban J connectivity index is 1.68. The van der Waals surface area contributed by atoms with Gasteiger partial charge in [-0.1, -0.05) is 42.3 Å². The van der Waals surface area contributed by atoms with Gasteiger partial charge >= 0.3 is 5.97 Å². The molecule has 8 heteroatoms. The number of hydrogen-bond acceptors (Lipinski definition) is 5. The van der Waals surface area contributed by atoms with Gasteiger partial charge < -0.3 is 14.7 Å². The van der Waals surface area contributed by atoms with E-state index in [9.17, 15) is 9.59 Å². The summed E-state index contributed by atoms with van der Waals surface area (Å²) >= 11 is 7.67. The van der Waals surface area contributed by atoms with E-state index in [1.807, 2.05) is 54.6 Å². The summed E-state index contributed by atoms with van der Waals surface area (Å²) in [6, 6.07) is 17.4. The van der Waals surface area contributed by atoms with Gasteiger partial charge in [-0.3, -0.25) is 9.59 Å². The lowest BCUT2D eigenvalue weighted by Gasteiger charge is -2.19. The highest BCUT2D eigenvalue weighted by Gasteiger charge is 2.16. The number of nitrogens with zero attached hydrogens (tertiary/aromatic N) is 2. The number of aliphatic carboxylic acids is 1. The van der Waals surface area contributed by atoms with Crippen LogP contribution in [-0.2, 0) is 16.2 Å². The fourth-order valence-electron chi connectivity index (χ4n) is 3.43.